The van der Waals surface area contributed by atoms with Crippen LogP contribution in [0.4, 0.5) is 0 Å². The molecule has 0 saturated heterocycles. The van der Waals surface area contributed by atoms with E-state index in [1.54, 1.807) is 0 Å². The number of rotatable bonds is 6. The van der Waals surface area contributed by atoms with Crippen molar-refractivity contribution < 1.29 is 4.74 Å². The number of hydrogen-bond donors (Lipinski definition) is 1. The Morgan fingerprint density at radius 3 is 2.74 bits per heavy atom. The molecule has 0 amide bonds. The van der Waals surface area contributed by atoms with E-state index in [2.05, 4.69) is 35.3 Å². The smallest absolute Gasteiger partial charge is 0.119 e. The van der Waals surface area contributed by atoms with Crippen molar-refractivity contribution in [1.82, 2.24) is 10.2 Å². The van der Waals surface area contributed by atoms with Crippen LogP contribution in [-0.2, 0) is 6.54 Å². The van der Waals surface area contributed by atoms with E-state index < -0.39 is 0 Å². The Kier molecular flexibility index (Phi) is 5.43. The van der Waals surface area contributed by atoms with Gasteiger partial charge in [-0.1, -0.05) is 23.8 Å². The van der Waals surface area contributed by atoms with E-state index >= 15 is 0 Å². The minimum Gasteiger partial charge on any atom is -0.492 e. The Balaban J connectivity index is 1.72. The summed E-state index contributed by atoms with van der Waals surface area (Å²) in [4.78, 5) is 2.45. The number of hydrogen-bond acceptors (Lipinski definition) is 3. The number of nitrogens with zero attached hydrogens (tertiary/aromatic N) is 1. The normalized spacial score (nSPS) is 16.2. The number of benzene rings is 1. The lowest BCUT2D eigenvalue weighted by Crippen LogP contribution is -2.33. The van der Waals surface area contributed by atoms with Crippen molar-refractivity contribution in [1.29, 1.82) is 0 Å². The van der Waals surface area contributed by atoms with Crippen LogP contribution in [0.25, 0.3) is 0 Å². The quantitative estimate of drug-likeness (QED) is 0.795. The maximum Gasteiger partial charge on any atom is 0.119 e. The van der Waals surface area contributed by atoms with E-state index in [4.69, 9.17) is 4.74 Å². The van der Waals surface area contributed by atoms with Gasteiger partial charge in [0.15, 0.2) is 0 Å². The molecule has 0 saturated carbocycles. The SMILES string of the molecule is CNCc1ccc(OCCN2CCC=C(C)C2)cc1. The van der Waals surface area contributed by atoms with Gasteiger partial charge in [0.05, 0.1) is 0 Å². The molecular weight excluding hydrogens is 236 g/mol. The molecule has 3 nitrogen and oxygen atoms in total. The first-order valence-corrected chi connectivity index (χ1v) is 7.02. The summed E-state index contributed by atoms with van der Waals surface area (Å²) in [5.74, 6) is 0.962. The first kappa shape index (κ1) is 14.1. The first-order valence-electron chi connectivity index (χ1n) is 7.02. The zero-order valence-electron chi connectivity index (χ0n) is 12.0. The molecule has 3 heteroatoms. The lowest BCUT2D eigenvalue weighted by atomic mass is 10.1. The molecule has 19 heavy (non-hydrogen) atoms. The number of ether oxygens (including phenoxy) is 1. The van der Waals surface area contributed by atoms with Crippen LogP contribution in [0.2, 0.25) is 0 Å². The molecule has 1 aromatic carbocycles. The zero-order valence-corrected chi connectivity index (χ0v) is 12.0. The highest BCUT2D eigenvalue weighted by Crippen LogP contribution is 2.13. The van der Waals surface area contributed by atoms with Crippen LogP contribution >= 0.6 is 0 Å². The highest BCUT2D eigenvalue weighted by atomic mass is 16.5. The van der Waals surface area contributed by atoms with Crippen molar-refractivity contribution >= 4 is 0 Å². The second-order valence-corrected chi connectivity index (χ2v) is 5.14. The molecule has 0 radical (unpaired) electrons. The standard InChI is InChI=1S/C16H24N2O/c1-14-4-3-9-18(13-14)10-11-19-16-7-5-15(6-8-16)12-17-2/h4-8,17H,3,9-13H2,1-2H3. The molecule has 0 unspecified atom stereocenters. The summed E-state index contributed by atoms with van der Waals surface area (Å²) in [6.45, 7) is 7.11. The van der Waals surface area contributed by atoms with Crippen LogP contribution < -0.4 is 10.1 Å². The molecule has 104 valence electrons. The molecule has 0 fully saturated rings. The van der Waals surface area contributed by atoms with Crippen LogP contribution in [0.1, 0.15) is 18.9 Å². The molecule has 1 N–H and O–H groups in total. The van der Waals surface area contributed by atoms with Crippen molar-refractivity contribution in [2.75, 3.05) is 33.3 Å². The van der Waals surface area contributed by atoms with Crippen molar-refractivity contribution in [3.8, 4) is 5.75 Å². The second kappa shape index (κ2) is 7.31. The maximum absolute atomic E-state index is 5.80. The van der Waals surface area contributed by atoms with E-state index in [1.807, 2.05) is 19.2 Å². The Labute approximate surface area is 116 Å². The van der Waals surface area contributed by atoms with Crippen molar-refractivity contribution in [3.63, 3.8) is 0 Å². The molecule has 1 heterocycles. The molecule has 0 spiro atoms. The Morgan fingerprint density at radius 1 is 1.26 bits per heavy atom. The fourth-order valence-corrected chi connectivity index (χ4v) is 2.38. The van der Waals surface area contributed by atoms with Gasteiger partial charge in [-0.2, -0.15) is 0 Å². The van der Waals surface area contributed by atoms with Crippen LogP contribution in [0, 0.1) is 0 Å². The van der Waals surface area contributed by atoms with Crippen LogP contribution in [0.5, 0.6) is 5.75 Å². The second-order valence-electron chi connectivity index (χ2n) is 5.14. The Bertz CT molecular complexity index is 411. The van der Waals surface area contributed by atoms with Crippen molar-refractivity contribution in [2.24, 2.45) is 0 Å². The molecule has 0 aliphatic carbocycles. The van der Waals surface area contributed by atoms with Gasteiger partial charge in [-0.3, -0.25) is 4.90 Å². The minimum absolute atomic E-state index is 0.763. The van der Waals surface area contributed by atoms with Gasteiger partial charge in [0.25, 0.3) is 0 Å². The van der Waals surface area contributed by atoms with Crippen molar-refractivity contribution in [2.45, 2.75) is 19.9 Å². The molecule has 0 aromatic heterocycles. The molecule has 1 aromatic rings. The fraction of sp³-hybridized carbons (Fsp3) is 0.500. The van der Waals surface area contributed by atoms with Gasteiger partial charge in [-0.05, 0) is 38.1 Å². The van der Waals surface area contributed by atoms with Gasteiger partial charge in [0, 0.05) is 26.2 Å². The largest absolute Gasteiger partial charge is 0.492 e. The molecule has 2 rings (SSSR count). The third-order valence-corrected chi connectivity index (χ3v) is 3.39. The average Bonchev–Trinajstić information content (AvgIpc) is 2.41. The van der Waals surface area contributed by atoms with Gasteiger partial charge in [-0.25, -0.2) is 0 Å². The number of nitrogens with one attached hydrogen (secondary N) is 1. The predicted octanol–water partition coefficient (Wildman–Crippen LogP) is 2.44. The van der Waals surface area contributed by atoms with E-state index in [0.29, 0.717) is 0 Å². The van der Waals surface area contributed by atoms with E-state index in [0.717, 1.165) is 38.5 Å². The van der Waals surface area contributed by atoms with E-state index in [-0.39, 0.29) is 0 Å². The van der Waals surface area contributed by atoms with E-state index in [1.165, 1.54) is 17.6 Å². The summed E-state index contributed by atoms with van der Waals surface area (Å²) in [6.07, 6.45) is 3.50. The first-order chi connectivity index (χ1) is 9.28. The molecular formula is C16H24N2O. The van der Waals surface area contributed by atoms with E-state index in [9.17, 15) is 0 Å². The van der Waals surface area contributed by atoms with Gasteiger partial charge < -0.3 is 10.1 Å². The Hall–Kier alpha value is -1.32. The molecule has 0 bridgehead atoms. The predicted molar refractivity (Wildman–Crippen MR) is 79.5 cm³/mol. The van der Waals surface area contributed by atoms with Gasteiger partial charge >= 0.3 is 0 Å². The van der Waals surface area contributed by atoms with Gasteiger partial charge in [-0.15, -0.1) is 0 Å². The lowest BCUT2D eigenvalue weighted by molar-refractivity contribution is 0.217. The van der Waals surface area contributed by atoms with Crippen LogP contribution in [0.3, 0.4) is 0 Å². The molecule has 1 aliphatic rings. The zero-order chi connectivity index (χ0) is 13.5. The van der Waals surface area contributed by atoms with Crippen LogP contribution in [-0.4, -0.2) is 38.2 Å². The van der Waals surface area contributed by atoms with Gasteiger partial charge in [0.2, 0.25) is 0 Å². The summed E-state index contributed by atoms with van der Waals surface area (Å²) >= 11 is 0. The van der Waals surface area contributed by atoms with Crippen LogP contribution in [0.15, 0.2) is 35.9 Å². The third kappa shape index (κ3) is 4.69. The summed E-state index contributed by atoms with van der Waals surface area (Å²) in [6, 6.07) is 8.32. The summed E-state index contributed by atoms with van der Waals surface area (Å²) in [7, 11) is 1.96. The average molecular weight is 260 g/mol. The summed E-state index contributed by atoms with van der Waals surface area (Å²) in [5.41, 5.74) is 2.76. The minimum atomic E-state index is 0.763. The summed E-state index contributed by atoms with van der Waals surface area (Å²) < 4.78 is 5.80. The third-order valence-electron chi connectivity index (χ3n) is 3.39. The highest BCUT2D eigenvalue weighted by molar-refractivity contribution is 5.27. The highest BCUT2D eigenvalue weighted by Gasteiger charge is 2.09. The molecule has 1 aliphatic heterocycles. The monoisotopic (exact) mass is 260 g/mol. The lowest BCUT2D eigenvalue weighted by Gasteiger charge is -2.25. The molecule has 0 atom stereocenters. The Morgan fingerprint density at radius 2 is 2.05 bits per heavy atom. The topological polar surface area (TPSA) is 24.5 Å². The fourth-order valence-electron chi connectivity index (χ4n) is 2.38. The van der Waals surface area contributed by atoms with Crippen molar-refractivity contribution in [3.05, 3.63) is 41.5 Å². The van der Waals surface area contributed by atoms with Gasteiger partial charge in [0.1, 0.15) is 12.4 Å². The maximum atomic E-state index is 5.80. The summed E-state index contributed by atoms with van der Waals surface area (Å²) in [5, 5.41) is 3.14.